The van der Waals surface area contributed by atoms with Gasteiger partial charge in [-0.05, 0) is 42.0 Å². The van der Waals surface area contributed by atoms with Gasteiger partial charge >= 0.3 is 0 Å². The minimum atomic E-state index is -1.21. The van der Waals surface area contributed by atoms with Gasteiger partial charge in [0.15, 0.2) is 5.11 Å². The van der Waals surface area contributed by atoms with Gasteiger partial charge in [-0.1, -0.05) is 12.1 Å². The molecule has 0 aliphatic heterocycles. The summed E-state index contributed by atoms with van der Waals surface area (Å²) in [5, 5.41) is 13.9. The summed E-state index contributed by atoms with van der Waals surface area (Å²) in [5.41, 5.74) is 6.42. The third-order valence-corrected chi connectivity index (χ3v) is 2.69. The number of hydrogen-bond donors (Lipinski definition) is 3. The van der Waals surface area contributed by atoms with Crippen LogP contribution in [0.5, 0.6) is 0 Å². The quantitative estimate of drug-likeness (QED) is 0.550. The second-order valence-corrected chi connectivity index (χ2v) is 4.29. The van der Waals surface area contributed by atoms with Gasteiger partial charge in [-0.25, -0.2) is 0 Å². The Morgan fingerprint density at radius 1 is 1.25 bits per heavy atom. The molecule has 0 saturated heterocycles. The summed E-state index contributed by atoms with van der Waals surface area (Å²) in [6.45, 7) is 0.476. The molecule has 6 nitrogen and oxygen atoms in total. The molecule has 0 aliphatic rings. The van der Waals surface area contributed by atoms with Gasteiger partial charge < -0.3 is 19.6 Å². The Hall–Kier alpha value is -2.54. The Morgan fingerprint density at radius 2 is 2.00 bits per heavy atom. The number of furan rings is 1. The lowest BCUT2D eigenvalue weighted by atomic mass is 10.2. The fourth-order valence-corrected chi connectivity index (χ4v) is 1.57. The zero-order valence-electron chi connectivity index (χ0n) is 10.4. The van der Waals surface area contributed by atoms with Crippen molar-refractivity contribution >= 4 is 29.0 Å². The number of carboxylic acid groups (broad SMARTS) is 1. The topological polar surface area (TPSA) is 89.4 Å². The number of nitrogens with one attached hydrogen (secondary N) is 3. The highest BCUT2D eigenvalue weighted by atomic mass is 32.1. The van der Waals surface area contributed by atoms with Crippen molar-refractivity contribution in [2.75, 3.05) is 5.43 Å². The fourth-order valence-electron chi connectivity index (χ4n) is 1.44. The number of benzene rings is 1. The highest BCUT2D eigenvalue weighted by molar-refractivity contribution is 7.80. The van der Waals surface area contributed by atoms with Crippen LogP contribution in [-0.4, -0.2) is 11.1 Å². The average Bonchev–Trinajstić information content (AvgIpc) is 2.96. The van der Waals surface area contributed by atoms with E-state index >= 15 is 0 Å². The van der Waals surface area contributed by atoms with Crippen LogP contribution < -0.4 is 21.3 Å². The number of aromatic carboxylic acids is 1. The summed E-state index contributed by atoms with van der Waals surface area (Å²) >= 11 is 5.06. The SMILES string of the molecule is O=C([O-])c1ccc(NNC(=S)NCc2ccco2)cc1. The standard InChI is InChI=1S/C13H13N3O3S/c17-12(18)9-3-5-10(6-4-9)15-16-13(20)14-8-11-2-1-7-19-11/h1-7,15H,8H2,(H,17,18)(H2,14,16,20)/p-1. The van der Waals surface area contributed by atoms with E-state index in [-0.39, 0.29) is 5.56 Å². The highest BCUT2D eigenvalue weighted by Crippen LogP contribution is 2.07. The number of rotatable bonds is 5. The monoisotopic (exact) mass is 290 g/mol. The van der Waals surface area contributed by atoms with Gasteiger partial charge in [-0.2, -0.15) is 0 Å². The summed E-state index contributed by atoms with van der Waals surface area (Å²) in [6, 6.07) is 9.73. The number of carbonyl (C=O) groups is 1. The van der Waals surface area contributed by atoms with Gasteiger partial charge in [0.05, 0.1) is 24.5 Å². The van der Waals surface area contributed by atoms with Crippen LogP contribution in [0, 0.1) is 0 Å². The van der Waals surface area contributed by atoms with Gasteiger partial charge in [0.25, 0.3) is 0 Å². The minimum Gasteiger partial charge on any atom is -0.545 e. The van der Waals surface area contributed by atoms with Crippen molar-refractivity contribution in [2.45, 2.75) is 6.54 Å². The molecule has 3 N–H and O–H groups in total. The Morgan fingerprint density at radius 3 is 2.60 bits per heavy atom. The summed E-state index contributed by atoms with van der Waals surface area (Å²) in [6.07, 6.45) is 1.59. The lowest BCUT2D eigenvalue weighted by molar-refractivity contribution is -0.255. The normalized spacial score (nSPS) is 9.80. The molecule has 1 aromatic carbocycles. The van der Waals surface area contributed by atoms with E-state index in [1.54, 1.807) is 24.5 Å². The Labute approximate surface area is 120 Å². The summed E-state index contributed by atoms with van der Waals surface area (Å²) in [7, 11) is 0. The zero-order valence-corrected chi connectivity index (χ0v) is 11.2. The van der Waals surface area contributed by atoms with Crippen molar-refractivity contribution in [3.63, 3.8) is 0 Å². The van der Waals surface area contributed by atoms with E-state index in [0.29, 0.717) is 17.3 Å². The van der Waals surface area contributed by atoms with Crippen LogP contribution in [0.4, 0.5) is 5.69 Å². The minimum absolute atomic E-state index is 0.120. The van der Waals surface area contributed by atoms with Crippen LogP contribution >= 0.6 is 12.2 Å². The molecular formula is C13H12N3O3S-. The predicted octanol–water partition coefficient (Wildman–Crippen LogP) is 0.634. The third-order valence-electron chi connectivity index (χ3n) is 2.44. The van der Waals surface area contributed by atoms with Gasteiger partial charge in [-0.15, -0.1) is 0 Å². The van der Waals surface area contributed by atoms with E-state index in [1.165, 1.54) is 12.1 Å². The van der Waals surface area contributed by atoms with E-state index in [2.05, 4.69) is 16.2 Å². The lowest BCUT2D eigenvalue weighted by Crippen LogP contribution is -2.38. The van der Waals surface area contributed by atoms with Crippen LogP contribution in [0.15, 0.2) is 47.1 Å². The molecule has 7 heteroatoms. The first-order chi connectivity index (χ1) is 9.65. The van der Waals surface area contributed by atoms with Crippen molar-refractivity contribution in [2.24, 2.45) is 0 Å². The summed E-state index contributed by atoms with van der Waals surface area (Å²) in [4.78, 5) is 10.6. The van der Waals surface area contributed by atoms with E-state index in [4.69, 9.17) is 16.6 Å². The smallest absolute Gasteiger partial charge is 0.185 e. The Kier molecular flexibility index (Phi) is 4.56. The largest absolute Gasteiger partial charge is 0.545 e. The number of carbonyl (C=O) groups excluding carboxylic acids is 1. The summed E-state index contributed by atoms with van der Waals surface area (Å²) < 4.78 is 5.15. The van der Waals surface area contributed by atoms with E-state index < -0.39 is 5.97 Å². The van der Waals surface area contributed by atoms with Gasteiger partial charge in [-0.3, -0.25) is 10.9 Å². The molecule has 0 bridgehead atoms. The Bertz CT molecular complexity index is 581. The first kappa shape index (κ1) is 13.9. The van der Waals surface area contributed by atoms with Gasteiger partial charge in [0.2, 0.25) is 0 Å². The molecule has 20 heavy (non-hydrogen) atoms. The van der Waals surface area contributed by atoms with Gasteiger partial charge in [0.1, 0.15) is 5.76 Å². The molecule has 0 saturated carbocycles. The molecule has 2 rings (SSSR count). The predicted molar refractivity (Wildman–Crippen MR) is 75.7 cm³/mol. The second-order valence-electron chi connectivity index (χ2n) is 3.88. The van der Waals surface area contributed by atoms with Crippen LogP contribution in [0.3, 0.4) is 0 Å². The number of carboxylic acids is 1. The van der Waals surface area contributed by atoms with Crippen molar-refractivity contribution in [1.82, 2.24) is 10.7 Å². The molecular weight excluding hydrogens is 278 g/mol. The molecule has 0 spiro atoms. The second kappa shape index (κ2) is 6.58. The summed E-state index contributed by atoms with van der Waals surface area (Å²) in [5.74, 6) is -0.437. The number of hydrazine groups is 1. The maximum absolute atomic E-state index is 10.6. The molecule has 2 aromatic rings. The number of hydrogen-bond acceptors (Lipinski definition) is 5. The molecule has 0 amide bonds. The van der Waals surface area contributed by atoms with Crippen LogP contribution in [-0.2, 0) is 6.54 Å². The molecule has 1 aromatic heterocycles. The van der Waals surface area contributed by atoms with Crippen molar-refractivity contribution < 1.29 is 14.3 Å². The van der Waals surface area contributed by atoms with Gasteiger partial charge in [0, 0.05) is 0 Å². The average molecular weight is 290 g/mol. The molecule has 0 unspecified atom stereocenters. The maximum atomic E-state index is 10.6. The van der Waals surface area contributed by atoms with E-state index in [0.717, 1.165) is 5.76 Å². The Balaban J connectivity index is 1.76. The van der Waals surface area contributed by atoms with Crippen LogP contribution in [0.1, 0.15) is 16.1 Å². The lowest BCUT2D eigenvalue weighted by Gasteiger charge is -2.12. The molecule has 0 radical (unpaired) electrons. The number of thiocarbonyl (C=S) groups is 1. The maximum Gasteiger partial charge on any atom is 0.185 e. The van der Waals surface area contributed by atoms with E-state index in [1.807, 2.05) is 6.07 Å². The molecule has 0 fully saturated rings. The van der Waals surface area contributed by atoms with Crippen molar-refractivity contribution in [1.29, 1.82) is 0 Å². The highest BCUT2D eigenvalue weighted by Gasteiger charge is 1.99. The fraction of sp³-hybridized carbons (Fsp3) is 0.0769. The van der Waals surface area contributed by atoms with Crippen molar-refractivity contribution in [3.05, 3.63) is 54.0 Å². The van der Waals surface area contributed by atoms with Crippen LogP contribution in [0.2, 0.25) is 0 Å². The zero-order chi connectivity index (χ0) is 14.4. The molecule has 0 aliphatic carbocycles. The molecule has 0 atom stereocenters. The number of anilines is 1. The molecule has 1 heterocycles. The third kappa shape index (κ3) is 3.99. The van der Waals surface area contributed by atoms with Crippen molar-refractivity contribution in [3.8, 4) is 0 Å². The first-order valence-corrected chi connectivity index (χ1v) is 6.19. The van der Waals surface area contributed by atoms with E-state index in [9.17, 15) is 9.90 Å². The molecule has 104 valence electrons. The van der Waals surface area contributed by atoms with Crippen LogP contribution in [0.25, 0.3) is 0 Å². The first-order valence-electron chi connectivity index (χ1n) is 5.79.